The van der Waals surface area contributed by atoms with Crippen molar-refractivity contribution in [2.45, 2.75) is 70.0 Å². The maximum absolute atomic E-state index is 12.7. The minimum atomic E-state index is -1.43. The van der Waals surface area contributed by atoms with E-state index in [9.17, 15) is 33.9 Å². The highest BCUT2D eigenvalue weighted by Gasteiger charge is 2.28. The number of carbonyl (C=O) groups excluding carboxylic acids is 4. The second-order valence-corrected chi connectivity index (χ2v) is 8.35. The molecule has 13 heteroatoms. The lowest BCUT2D eigenvalue weighted by atomic mass is 10.1. The molecule has 0 saturated heterocycles. The zero-order valence-corrected chi connectivity index (χ0v) is 20.9. The quantitative estimate of drug-likeness (QED) is 0.152. The molecule has 0 radical (unpaired) electrons. The molecule has 3 atom stereocenters. The van der Waals surface area contributed by atoms with Crippen molar-refractivity contribution < 1.29 is 39.0 Å². The molecule has 0 bridgehead atoms. The van der Waals surface area contributed by atoms with Gasteiger partial charge < -0.3 is 37.2 Å². The second-order valence-electron chi connectivity index (χ2n) is 8.35. The SMILES string of the molecule is CCc1ccc(NC(=O)CCC(N)C(=O)NC(CCC(=O)O)C(=O)NC(CCC(=O)NC)C(=O)O)cc1. The van der Waals surface area contributed by atoms with E-state index in [2.05, 4.69) is 21.3 Å². The Bertz CT molecular complexity index is 966. The normalized spacial score (nSPS) is 12.9. The molecule has 13 nitrogen and oxygen atoms in total. The highest BCUT2D eigenvalue weighted by atomic mass is 16.4. The van der Waals surface area contributed by atoms with E-state index in [1.807, 2.05) is 19.1 Å². The predicted molar refractivity (Wildman–Crippen MR) is 133 cm³/mol. The van der Waals surface area contributed by atoms with Gasteiger partial charge >= 0.3 is 11.9 Å². The minimum Gasteiger partial charge on any atom is -0.481 e. The Morgan fingerprint density at radius 3 is 1.92 bits per heavy atom. The molecule has 0 spiro atoms. The summed E-state index contributed by atoms with van der Waals surface area (Å²) in [6.45, 7) is 2.01. The summed E-state index contributed by atoms with van der Waals surface area (Å²) < 4.78 is 0. The molecule has 0 fully saturated rings. The molecule has 1 aromatic carbocycles. The number of carboxylic acids is 2. The summed E-state index contributed by atoms with van der Waals surface area (Å²) in [5, 5.41) is 27.9. The standard InChI is InChI=1S/C24H35N5O8/c1-3-14-4-6-15(7-5-14)27-20(31)11-8-16(25)22(34)28-17(10-13-21(32)33)23(35)29-18(24(36)37)9-12-19(30)26-2/h4-7,16-18H,3,8-13,25H2,1-2H3,(H,26,30)(H,27,31)(H,28,34)(H,29,35)(H,32,33)(H,36,37). The number of hydrogen-bond donors (Lipinski definition) is 7. The Kier molecular flexibility index (Phi) is 13.3. The van der Waals surface area contributed by atoms with E-state index in [0.717, 1.165) is 12.0 Å². The molecule has 1 rings (SSSR count). The van der Waals surface area contributed by atoms with Crippen molar-refractivity contribution in [2.75, 3.05) is 12.4 Å². The van der Waals surface area contributed by atoms with Crippen molar-refractivity contribution in [3.8, 4) is 0 Å². The summed E-state index contributed by atoms with van der Waals surface area (Å²) in [6, 6.07) is 3.27. The Labute approximate surface area is 214 Å². The van der Waals surface area contributed by atoms with Gasteiger partial charge in [-0.2, -0.15) is 0 Å². The minimum absolute atomic E-state index is 0.0537. The van der Waals surface area contributed by atoms with E-state index < -0.39 is 54.2 Å². The maximum Gasteiger partial charge on any atom is 0.326 e. The highest BCUT2D eigenvalue weighted by molar-refractivity contribution is 5.93. The predicted octanol–water partition coefficient (Wildman–Crippen LogP) is -0.260. The molecular formula is C24H35N5O8. The van der Waals surface area contributed by atoms with Crippen LogP contribution in [0, 0.1) is 0 Å². The van der Waals surface area contributed by atoms with Crippen LogP contribution < -0.4 is 27.0 Å². The lowest BCUT2D eigenvalue weighted by Gasteiger charge is -2.22. The average molecular weight is 522 g/mol. The molecule has 3 unspecified atom stereocenters. The molecule has 0 aromatic heterocycles. The Hall–Kier alpha value is -4.00. The van der Waals surface area contributed by atoms with E-state index in [1.54, 1.807) is 12.1 Å². The zero-order chi connectivity index (χ0) is 28.0. The fourth-order valence-electron chi connectivity index (χ4n) is 3.21. The third-order valence-electron chi connectivity index (χ3n) is 5.50. The van der Waals surface area contributed by atoms with Gasteiger partial charge in [0.2, 0.25) is 23.6 Å². The van der Waals surface area contributed by atoms with Gasteiger partial charge in [0.15, 0.2) is 0 Å². The van der Waals surface area contributed by atoms with Crippen LogP contribution in [0.25, 0.3) is 0 Å². The van der Waals surface area contributed by atoms with Crippen molar-refractivity contribution >= 4 is 41.3 Å². The monoisotopic (exact) mass is 521 g/mol. The third-order valence-corrected chi connectivity index (χ3v) is 5.50. The molecule has 0 saturated carbocycles. The van der Waals surface area contributed by atoms with Gasteiger partial charge in [0.05, 0.1) is 6.04 Å². The number of hydrogen-bond acceptors (Lipinski definition) is 7. The van der Waals surface area contributed by atoms with Crippen LogP contribution in [0.2, 0.25) is 0 Å². The topological polar surface area (TPSA) is 217 Å². The summed E-state index contributed by atoms with van der Waals surface area (Å²) >= 11 is 0. The lowest BCUT2D eigenvalue weighted by molar-refractivity contribution is -0.143. The number of aryl methyl sites for hydroxylation is 1. The van der Waals surface area contributed by atoms with E-state index in [4.69, 9.17) is 10.8 Å². The van der Waals surface area contributed by atoms with Crippen molar-refractivity contribution in [2.24, 2.45) is 5.73 Å². The Morgan fingerprint density at radius 2 is 1.38 bits per heavy atom. The highest BCUT2D eigenvalue weighted by Crippen LogP contribution is 2.11. The number of aliphatic carboxylic acids is 2. The number of nitrogens with two attached hydrogens (primary N) is 1. The molecule has 1 aromatic rings. The molecule has 37 heavy (non-hydrogen) atoms. The van der Waals surface area contributed by atoms with Gasteiger partial charge in [0.1, 0.15) is 12.1 Å². The van der Waals surface area contributed by atoms with Gasteiger partial charge in [0.25, 0.3) is 0 Å². The van der Waals surface area contributed by atoms with Crippen LogP contribution in [0.3, 0.4) is 0 Å². The first kappa shape index (κ1) is 31.0. The van der Waals surface area contributed by atoms with Gasteiger partial charge in [-0.15, -0.1) is 0 Å². The van der Waals surface area contributed by atoms with E-state index in [0.29, 0.717) is 5.69 Å². The number of benzene rings is 1. The summed E-state index contributed by atoms with van der Waals surface area (Å²) in [5.41, 5.74) is 7.57. The van der Waals surface area contributed by atoms with Gasteiger partial charge in [-0.1, -0.05) is 19.1 Å². The Morgan fingerprint density at radius 1 is 0.811 bits per heavy atom. The van der Waals surface area contributed by atoms with Crippen LogP contribution in [0.15, 0.2) is 24.3 Å². The first-order valence-electron chi connectivity index (χ1n) is 11.9. The first-order valence-corrected chi connectivity index (χ1v) is 11.9. The van der Waals surface area contributed by atoms with Crippen LogP contribution in [0.1, 0.15) is 51.0 Å². The van der Waals surface area contributed by atoms with E-state index in [-0.39, 0.29) is 38.0 Å². The van der Waals surface area contributed by atoms with Crippen LogP contribution >= 0.6 is 0 Å². The zero-order valence-electron chi connectivity index (χ0n) is 20.9. The van der Waals surface area contributed by atoms with Crippen LogP contribution in [0.4, 0.5) is 5.69 Å². The molecular weight excluding hydrogens is 486 g/mol. The number of anilines is 1. The smallest absolute Gasteiger partial charge is 0.326 e. The molecule has 8 N–H and O–H groups in total. The number of amides is 4. The Balaban J connectivity index is 2.71. The number of carbonyl (C=O) groups is 6. The van der Waals surface area contributed by atoms with E-state index >= 15 is 0 Å². The number of rotatable bonds is 16. The molecule has 0 heterocycles. The van der Waals surface area contributed by atoms with Gasteiger partial charge in [-0.3, -0.25) is 24.0 Å². The summed E-state index contributed by atoms with van der Waals surface area (Å²) in [5.74, 6) is -5.15. The first-order chi connectivity index (χ1) is 17.5. The van der Waals surface area contributed by atoms with Crippen molar-refractivity contribution in [3.63, 3.8) is 0 Å². The van der Waals surface area contributed by atoms with Crippen molar-refractivity contribution in [1.29, 1.82) is 0 Å². The molecule has 204 valence electrons. The van der Waals surface area contributed by atoms with E-state index in [1.165, 1.54) is 7.05 Å². The molecule has 0 aliphatic heterocycles. The van der Waals surface area contributed by atoms with Gasteiger partial charge in [-0.25, -0.2) is 4.79 Å². The summed E-state index contributed by atoms with van der Waals surface area (Å²) in [6.07, 6.45) is -0.473. The lowest BCUT2D eigenvalue weighted by Crippen LogP contribution is -2.54. The van der Waals surface area contributed by atoms with Gasteiger partial charge in [-0.05, 0) is 43.4 Å². The fourth-order valence-corrected chi connectivity index (χ4v) is 3.21. The van der Waals surface area contributed by atoms with Crippen molar-refractivity contribution in [1.82, 2.24) is 16.0 Å². The maximum atomic E-state index is 12.7. The summed E-state index contributed by atoms with van der Waals surface area (Å²) in [4.78, 5) is 71.3. The molecule has 4 amide bonds. The van der Waals surface area contributed by atoms with Gasteiger partial charge in [0, 0.05) is 32.0 Å². The average Bonchev–Trinajstić information content (AvgIpc) is 2.86. The van der Waals surface area contributed by atoms with Crippen molar-refractivity contribution in [3.05, 3.63) is 29.8 Å². The van der Waals surface area contributed by atoms with Crippen LogP contribution in [0.5, 0.6) is 0 Å². The number of carboxylic acid groups (broad SMARTS) is 2. The third kappa shape index (κ3) is 12.0. The van der Waals surface area contributed by atoms with Crippen LogP contribution in [-0.4, -0.2) is 71.0 Å². The summed E-state index contributed by atoms with van der Waals surface area (Å²) in [7, 11) is 1.38. The molecule has 0 aliphatic rings. The largest absolute Gasteiger partial charge is 0.481 e. The van der Waals surface area contributed by atoms with Crippen LogP contribution in [-0.2, 0) is 35.2 Å². The molecule has 0 aliphatic carbocycles. The number of nitrogens with one attached hydrogen (secondary N) is 4. The second kappa shape index (κ2) is 15.9. The fraction of sp³-hybridized carbons (Fsp3) is 0.500.